The van der Waals surface area contributed by atoms with E-state index in [0.717, 1.165) is 34.5 Å². The molecule has 5 heteroatoms. The number of allylic oxidation sites excluding steroid dienone is 2. The maximum Gasteiger partial charge on any atom is 0.238 e. The normalized spacial score (nSPS) is 25.9. The first-order valence-corrected chi connectivity index (χ1v) is 12.7. The Labute approximate surface area is 206 Å². The molecule has 3 aromatic carbocycles. The predicted octanol–water partition coefficient (Wildman–Crippen LogP) is 6.34. The first-order valence-electron chi connectivity index (χ1n) is 11.9. The summed E-state index contributed by atoms with van der Waals surface area (Å²) >= 11 is 3.42. The number of hydrogen-bond donors (Lipinski definition) is 0. The molecular weight excluding hydrogens is 490 g/mol. The van der Waals surface area contributed by atoms with Gasteiger partial charge in [0.2, 0.25) is 11.8 Å². The average molecular weight is 514 g/mol. The number of benzene rings is 3. The fourth-order valence-corrected chi connectivity index (χ4v) is 6.57. The third-order valence-electron chi connectivity index (χ3n) is 7.77. The van der Waals surface area contributed by atoms with Crippen molar-refractivity contribution in [1.82, 2.24) is 0 Å². The van der Waals surface area contributed by atoms with Gasteiger partial charge in [0.1, 0.15) is 0 Å². The highest BCUT2D eigenvalue weighted by atomic mass is 79.9. The fraction of sp³-hybridized carbons (Fsp3) is 0.276. The number of nitrogens with zero attached hydrogens (tertiary/aromatic N) is 1. The topological polar surface area (TPSA) is 54.5 Å². The number of ketones is 1. The quantitative estimate of drug-likeness (QED) is 0.232. The largest absolute Gasteiger partial charge is 0.294 e. The molecule has 2 aliphatic carbocycles. The number of imide groups is 1. The molecule has 170 valence electrons. The number of hydrogen-bond acceptors (Lipinski definition) is 3. The molecule has 4 nitrogen and oxygen atoms in total. The molecule has 34 heavy (non-hydrogen) atoms. The van der Waals surface area contributed by atoms with Crippen LogP contribution < -0.4 is 4.90 Å². The van der Waals surface area contributed by atoms with Gasteiger partial charge in [-0.05, 0) is 66.1 Å². The number of Topliss-reactive ketones (excluding diaryl/α,β-unsaturated/α-hetero) is 1. The Kier molecular flexibility index (Phi) is 5.25. The molecule has 0 spiro atoms. The van der Waals surface area contributed by atoms with Gasteiger partial charge in [0, 0.05) is 16.5 Å². The summed E-state index contributed by atoms with van der Waals surface area (Å²) in [7, 11) is 0. The fourth-order valence-electron chi connectivity index (χ4n) is 6.30. The maximum atomic E-state index is 13.7. The molecule has 4 atom stereocenters. The van der Waals surface area contributed by atoms with Gasteiger partial charge in [0.05, 0.1) is 17.5 Å². The minimum absolute atomic E-state index is 0.0242. The zero-order valence-electron chi connectivity index (χ0n) is 18.6. The van der Waals surface area contributed by atoms with Gasteiger partial charge in [-0.1, -0.05) is 70.0 Å². The number of carbonyl (C=O) groups is 3. The number of fused-ring (bicyclic) bond motifs is 4. The van der Waals surface area contributed by atoms with Gasteiger partial charge < -0.3 is 0 Å². The summed E-state index contributed by atoms with van der Waals surface area (Å²) in [5.74, 6) is -1.27. The van der Waals surface area contributed by atoms with Crippen molar-refractivity contribution in [3.8, 4) is 0 Å². The van der Waals surface area contributed by atoms with E-state index in [0.29, 0.717) is 11.3 Å². The highest BCUT2D eigenvalue weighted by molar-refractivity contribution is 9.10. The summed E-state index contributed by atoms with van der Waals surface area (Å²) in [5.41, 5.74) is 2.55. The molecule has 0 radical (unpaired) electrons. The molecule has 0 N–H and O–H groups in total. The monoisotopic (exact) mass is 513 g/mol. The summed E-state index contributed by atoms with van der Waals surface area (Å²) in [4.78, 5) is 42.3. The molecule has 2 amide bonds. The lowest BCUT2D eigenvalue weighted by atomic mass is 9.67. The third kappa shape index (κ3) is 3.37. The van der Waals surface area contributed by atoms with Crippen molar-refractivity contribution in [2.75, 3.05) is 4.90 Å². The van der Waals surface area contributed by atoms with Gasteiger partial charge >= 0.3 is 0 Å². The zero-order chi connectivity index (χ0) is 23.4. The smallest absolute Gasteiger partial charge is 0.238 e. The number of amides is 2. The lowest BCUT2D eigenvalue weighted by Gasteiger charge is -2.33. The molecule has 1 saturated heterocycles. The van der Waals surface area contributed by atoms with Gasteiger partial charge in [-0.15, -0.1) is 0 Å². The van der Waals surface area contributed by atoms with Gasteiger partial charge in [0.25, 0.3) is 0 Å². The Morgan fingerprint density at radius 1 is 0.912 bits per heavy atom. The first-order chi connectivity index (χ1) is 16.5. The van der Waals surface area contributed by atoms with Crippen LogP contribution in [0, 0.1) is 23.7 Å². The molecule has 1 heterocycles. The van der Waals surface area contributed by atoms with E-state index in [-0.39, 0.29) is 41.8 Å². The second-order valence-corrected chi connectivity index (χ2v) is 10.5. The van der Waals surface area contributed by atoms with Crippen molar-refractivity contribution in [2.45, 2.75) is 25.7 Å². The van der Waals surface area contributed by atoms with Crippen molar-refractivity contribution >= 4 is 50.0 Å². The Bertz CT molecular complexity index is 1350. The molecule has 0 aromatic heterocycles. The van der Waals surface area contributed by atoms with Gasteiger partial charge in [-0.25, -0.2) is 0 Å². The lowest BCUT2D eigenvalue weighted by molar-refractivity contribution is -0.122. The maximum absolute atomic E-state index is 13.7. The van der Waals surface area contributed by atoms with E-state index in [9.17, 15) is 14.4 Å². The van der Waals surface area contributed by atoms with E-state index >= 15 is 0 Å². The van der Waals surface area contributed by atoms with Gasteiger partial charge in [-0.3, -0.25) is 19.3 Å². The van der Waals surface area contributed by atoms with Crippen molar-refractivity contribution in [3.63, 3.8) is 0 Å². The SMILES string of the molecule is O=C(C[C@H]1C=C2CCC[C@H]2C2C(=O)N(c3ccc(Br)cc3)C(=O)C21)c1cccc2ccccc12. The van der Waals surface area contributed by atoms with Crippen LogP contribution in [0.5, 0.6) is 0 Å². The van der Waals surface area contributed by atoms with Crippen molar-refractivity contribution < 1.29 is 14.4 Å². The summed E-state index contributed by atoms with van der Waals surface area (Å²) in [6, 6.07) is 21.0. The molecule has 1 saturated carbocycles. The standard InChI is InChI=1S/C29H24BrNO3/c30-20-11-13-21(14-12-20)31-28(33)26-19(15-18-7-4-9-23(18)27(26)29(31)34)16-25(32)24-10-3-6-17-5-1-2-8-22(17)24/h1-3,5-6,8,10-15,19,23,26-27H,4,7,9,16H2/t19-,23-,26?,27?/m1/s1. The Balaban J connectivity index is 1.37. The van der Waals surface area contributed by atoms with E-state index < -0.39 is 5.92 Å². The van der Waals surface area contributed by atoms with E-state index in [1.807, 2.05) is 54.6 Å². The van der Waals surface area contributed by atoms with Crippen LogP contribution >= 0.6 is 15.9 Å². The summed E-state index contributed by atoms with van der Waals surface area (Å²) < 4.78 is 0.895. The summed E-state index contributed by atoms with van der Waals surface area (Å²) in [5, 5.41) is 1.96. The average Bonchev–Trinajstić information content (AvgIpc) is 3.41. The molecule has 1 aliphatic heterocycles. The molecule has 0 bridgehead atoms. The van der Waals surface area contributed by atoms with Crippen LogP contribution in [0.1, 0.15) is 36.0 Å². The predicted molar refractivity (Wildman–Crippen MR) is 135 cm³/mol. The van der Waals surface area contributed by atoms with Crippen LogP contribution in [0.3, 0.4) is 0 Å². The van der Waals surface area contributed by atoms with Crippen LogP contribution in [-0.4, -0.2) is 17.6 Å². The van der Waals surface area contributed by atoms with Crippen molar-refractivity contribution in [2.24, 2.45) is 23.7 Å². The zero-order valence-corrected chi connectivity index (χ0v) is 20.2. The van der Waals surface area contributed by atoms with Crippen LogP contribution in [0.25, 0.3) is 10.8 Å². The highest BCUT2D eigenvalue weighted by Crippen LogP contribution is 2.52. The molecule has 2 fully saturated rings. The van der Waals surface area contributed by atoms with Crippen LogP contribution in [0.15, 0.2) is 82.9 Å². The van der Waals surface area contributed by atoms with Crippen molar-refractivity contribution in [1.29, 1.82) is 0 Å². The second-order valence-electron chi connectivity index (χ2n) is 9.60. The van der Waals surface area contributed by atoms with Crippen LogP contribution in [-0.2, 0) is 9.59 Å². The second kappa shape index (κ2) is 8.31. The number of rotatable bonds is 4. The van der Waals surface area contributed by atoms with E-state index in [1.165, 1.54) is 10.5 Å². The highest BCUT2D eigenvalue weighted by Gasteiger charge is 2.57. The number of halogens is 1. The number of carbonyl (C=O) groups excluding carboxylic acids is 3. The summed E-state index contributed by atoms with van der Waals surface area (Å²) in [6.45, 7) is 0. The molecular formula is C29H24BrNO3. The summed E-state index contributed by atoms with van der Waals surface area (Å²) in [6.07, 6.45) is 5.32. The Morgan fingerprint density at radius 2 is 1.65 bits per heavy atom. The van der Waals surface area contributed by atoms with Crippen molar-refractivity contribution in [3.05, 3.63) is 88.4 Å². The molecule has 3 aliphatic rings. The first kappa shape index (κ1) is 21.5. The minimum Gasteiger partial charge on any atom is -0.294 e. The third-order valence-corrected chi connectivity index (χ3v) is 8.30. The van der Waals surface area contributed by atoms with Crippen LogP contribution in [0.2, 0.25) is 0 Å². The van der Waals surface area contributed by atoms with Gasteiger partial charge in [0.15, 0.2) is 5.78 Å². The van der Waals surface area contributed by atoms with E-state index in [2.05, 4.69) is 22.0 Å². The Morgan fingerprint density at radius 3 is 2.47 bits per heavy atom. The Hall–Kier alpha value is -3.05. The molecule has 2 unspecified atom stereocenters. The van der Waals surface area contributed by atoms with Crippen LogP contribution in [0.4, 0.5) is 5.69 Å². The van der Waals surface area contributed by atoms with E-state index in [1.54, 1.807) is 12.1 Å². The number of anilines is 1. The lowest BCUT2D eigenvalue weighted by Crippen LogP contribution is -2.35. The molecule has 6 rings (SSSR count). The van der Waals surface area contributed by atoms with E-state index in [4.69, 9.17) is 0 Å². The van der Waals surface area contributed by atoms with Gasteiger partial charge in [-0.2, -0.15) is 0 Å². The molecule has 3 aromatic rings. The minimum atomic E-state index is -0.484.